The number of nitrogens with one attached hydrogen (secondary N) is 2. The molecule has 7 nitrogen and oxygen atoms in total. The molecule has 3 aromatic rings. The van der Waals surface area contributed by atoms with E-state index in [0.717, 1.165) is 48.5 Å². The summed E-state index contributed by atoms with van der Waals surface area (Å²) in [7, 11) is 0. The Hall–Kier alpha value is -2.38. The van der Waals surface area contributed by atoms with E-state index in [1.807, 2.05) is 24.3 Å². The van der Waals surface area contributed by atoms with E-state index in [0.29, 0.717) is 23.1 Å². The van der Waals surface area contributed by atoms with Crippen molar-refractivity contribution in [3.63, 3.8) is 0 Å². The lowest BCUT2D eigenvalue weighted by molar-refractivity contribution is 0.330. The molecule has 2 aromatic heterocycles. The highest BCUT2D eigenvalue weighted by Crippen LogP contribution is 2.35. The van der Waals surface area contributed by atoms with Gasteiger partial charge in [-0.25, -0.2) is 9.97 Å². The Balaban J connectivity index is 1.55. The molecule has 0 unspecified atom stereocenters. The molecule has 2 saturated carbocycles. The van der Waals surface area contributed by atoms with Gasteiger partial charge in [0.1, 0.15) is 5.52 Å². The highest BCUT2D eigenvalue weighted by Gasteiger charge is 2.27. The molecule has 0 bridgehead atoms. The number of hydrogen-bond acceptors (Lipinski definition) is 6. The number of rotatable bonds is 5. The highest BCUT2D eigenvalue weighted by atomic mass is 35.5. The van der Waals surface area contributed by atoms with E-state index in [2.05, 4.69) is 20.2 Å². The van der Waals surface area contributed by atoms with Crippen LogP contribution in [0.15, 0.2) is 30.5 Å². The molecule has 5 rings (SSSR count). The summed E-state index contributed by atoms with van der Waals surface area (Å²) in [6, 6.07) is 8.78. The Morgan fingerprint density at radius 1 is 1.07 bits per heavy atom. The predicted octanol–water partition coefficient (Wildman–Crippen LogP) is 4.24. The molecule has 8 heteroatoms. The topological polar surface area (TPSA) is 93.7 Å². The minimum Gasteiger partial charge on any atom is -0.351 e. The molecule has 0 aliphatic heterocycles. The third-order valence-electron chi connectivity index (χ3n) is 5.53. The zero-order valence-corrected chi connectivity index (χ0v) is 16.4. The monoisotopic (exact) mass is 397 g/mol. The first-order chi connectivity index (χ1) is 13.7. The van der Waals surface area contributed by atoms with Gasteiger partial charge in [0.15, 0.2) is 5.65 Å². The average molecular weight is 398 g/mol. The van der Waals surface area contributed by atoms with Crippen molar-refractivity contribution in [2.24, 2.45) is 5.73 Å². The molecule has 0 saturated heterocycles. The molecule has 2 fully saturated rings. The maximum Gasteiger partial charge on any atom is 0.224 e. The van der Waals surface area contributed by atoms with Crippen LogP contribution in [0.5, 0.6) is 0 Å². The number of halogens is 1. The van der Waals surface area contributed by atoms with E-state index >= 15 is 0 Å². The highest BCUT2D eigenvalue weighted by molar-refractivity contribution is 6.30. The molecule has 4 N–H and O–H groups in total. The van der Waals surface area contributed by atoms with Gasteiger partial charge in [0.25, 0.3) is 0 Å². The van der Waals surface area contributed by atoms with Gasteiger partial charge in [-0.05, 0) is 56.7 Å². The quantitative estimate of drug-likeness (QED) is 0.596. The van der Waals surface area contributed by atoms with E-state index in [1.54, 1.807) is 6.20 Å². The van der Waals surface area contributed by atoms with Gasteiger partial charge in [-0.15, -0.1) is 0 Å². The molecule has 0 radical (unpaired) electrons. The van der Waals surface area contributed by atoms with E-state index in [9.17, 15) is 0 Å². The van der Waals surface area contributed by atoms with E-state index in [4.69, 9.17) is 27.3 Å². The second kappa shape index (κ2) is 7.22. The molecule has 0 spiro atoms. The van der Waals surface area contributed by atoms with Crippen molar-refractivity contribution in [3.8, 4) is 0 Å². The van der Waals surface area contributed by atoms with Gasteiger partial charge < -0.3 is 16.4 Å². The first-order valence-corrected chi connectivity index (χ1v) is 10.3. The van der Waals surface area contributed by atoms with Crippen molar-refractivity contribution in [3.05, 3.63) is 35.5 Å². The first-order valence-electron chi connectivity index (χ1n) is 9.95. The van der Waals surface area contributed by atoms with Crippen molar-refractivity contribution in [2.75, 3.05) is 10.6 Å². The molecular formula is C20H24ClN7. The summed E-state index contributed by atoms with van der Waals surface area (Å²) in [6.07, 6.45) is 8.24. The van der Waals surface area contributed by atoms with Gasteiger partial charge in [-0.3, -0.25) is 4.57 Å². The van der Waals surface area contributed by atoms with Crippen LogP contribution in [0.3, 0.4) is 0 Å². The molecular weight excluding hydrogens is 374 g/mol. The zero-order valence-electron chi connectivity index (χ0n) is 15.6. The molecule has 146 valence electrons. The van der Waals surface area contributed by atoms with Crippen LogP contribution in [0.4, 0.5) is 17.6 Å². The largest absolute Gasteiger partial charge is 0.351 e. The number of benzene rings is 1. The van der Waals surface area contributed by atoms with Crippen LogP contribution in [0.1, 0.15) is 44.6 Å². The average Bonchev–Trinajstić information content (AvgIpc) is 3.42. The third-order valence-corrected chi connectivity index (χ3v) is 5.77. The summed E-state index contributed by atoms with van der Waals surface area (Å²) in [5.74, 6) is 1.45. The number of anilines is 3. The summed E-state index contributed by atoms with van der Waals surface area (Å²) >= 11 is 6.16. The summed E-state index contributed by atoms with van der Waals surface area (Å²) in [4.78, 5) is 14.1. The molecule has 1 aromatic carbocycles. The summed E-state index contributed by atoms with van der Waals surface area (Å²) in [5.41, 5.74) is 8.70. The molecule has 0 amide bonds. The minimum atomic E-state index is 0.289. The molecule has 0 atom stereocenters. The maximum absolute atomic E-state index is 6.16. The van der Waals surface area contributed by atoms with Crippen molar-refractivity contribution in [2.45, 2.75) is 56.7 Å². The number of imidazole rings is 1. The minimum absolute atomic E-state index is 0.289. The zero-order chi connectivity index (χ0) is 19.1. The molecule has 2 heterocycles. The lowest BCUT2D eigenvalue weighted by Gasteiger charge is -2.28. The van der Waals surface area contributed by atoms with Gasteiger partial charge in [-0.1, -0.05) is 17.7 Å². The van der Waals surface area contributed by atoms with Crippen molar-refractivity contribution >= 4 is 40.3 Å². The number of aromatic nitrogens is 4. The Bertz CT molecular complexity index is 989. The van der Waals surface area contributed by atoms with Crippen LogP contribution in [0.2, 0.25) is 5.02 Å². The fraction of sp³-hybridized carbons (Fsp3) is 0.450. The van der Waals surface area contributed by atoms with Crippen LogP contribution in [-0.2, 0) is 0 Å². The predicted molar refractivity (Wildman–Crippen MR) is 112 cm³/mol. The van der Waals surface area contributed by atoms with Crippen molar-refractivity contribution in [1.82, 2.24) is 19.5 Å². The number of nitrogens with two attached hydrogens (primary N) is 1. The van der Waals surface area contributed by atoms with Crippen LogP contribution in [0, 0.1) is 0 Å². The second-order valence-electron chi connectivity index (χ2n) is 7.83. The fourth-order valence-electron chi connectivity index (χ4n) is 3.86. The van der Waals surface area contributed by atoms with Gasteiger partial charge in [0, 0.05) is 28.8 Å². The van der Waals surface area contributed by atoms with Crippen LogP contribution in [-0.4, -0.2) is 31.6 Å². The van der Waals surface area contributed by atoms with Gasteiger partial charge in [0.2, 0.25) is 11.9 Å². The van der Waals surface area contributed by atoms with Crippen molar-refractivity contribution < 1.29 is 0 Å². The third kappa shape index (κ3) is 3.64. The Labute approximate surface area is 168 Å². The SMILES string of the molecule is NC1CCC(n2c(Nc3cccc(Cl)c3)nc3cnc(NC4CC4)nc32)CC1. The molecule has 2 aliphatic carbocycles. The maximum atomic E-state index is 6.16. The van der Waals surface area contributed by atoms with E-state index in [1.165, 1.54) is 12.8 Å². The smallest absolute Gasteiger partial charge is 0.224 e. The Morgan fingerprint density at radius 2 is 1.89 bits per heavy atom. The van der Waals surface area contributed by atoms with Crippen LogP contribution >= 0.6 is 11.6 Å². The standard InChI is InChI=1S/C20H24ClN7/c21-12-2-1-3-15(10-12)25-20-26-17-11-23-19(24-14-6-7-14)27-18(17)28(20)16-8-4-13(22)5-9-16/h1-3,10-11,13-14,16H,4-9,22H2,(H,25,26)(H,23,24,27). The fourth-order valence-corrected chi connectivity index (χ4v) is 4.05. The second-order valence-corrected chi connectivity index (χ2v) is 8.27. The lowest BCUT2D eigenvalue weighted by atomic mass is 9.91. The van der Waals surface area contributed by atoms with Gasteiger partial charge in [-0.2, -0.15) is 4.98 Å². The number of fused-ring (bicyclic) bond motifs is 1. The summed E-state index contributed by atoms with van der Waals surface area (Å²) in [6.45, 7) is 0. The first kappa shape index (κ1) is 17.7. The van der Waals surface area contributed by atoms with Gasteiger partial charge in [0.05, 0.1) is 6.20 Å². The van der Waals surface area contributed by atoms with Crippen LogP contribution < -0.4 is 16.4 Å². The van der Waals surface area contributed by atoms with Gasteiger partial charge >= 0.3 is 0 Å². The Morgan fingerprint density at radius 3 is 2.64 bits per heavy atom. The number of hydrogen-bond donors (Lipinski definition) is 3. The molecule has 28 heavy (non-hydrogen) atoms. The summed E-state index contributed by atoms with van der Waals surface area (Å²) < 4.78 is 2.22. The van der Waals surface area contributed by atoms with E-state index in [-0.39, 0.29) is 6.04 Å². The lowest BCUT2D eigenvalue weighted by Crippen LogP contribution is -2.28. The summed E-state index contributed by atoms with van der Waals surface area (Å²) in [5, 5.41) is 7.51. The Kier molecular flexibility index (Phi) is 4.56. The number of nitrogens with zero attached hydrogens (tertiary/aromatic N) is 4. The normalized spacial score (nSPS) is 22.4. The molecule has 2 aliphatic rings. The van der Waals surface area contributed by atoms with Crippen molar-refractivity contribution in [1.29, 1.82) is 0 Å². The van der Waals surface area contributed by atoms with Crippen LogP contribution in [0.25, 0.3) is 11.2 Å². The van der Waals surface area contributed by atoms with E-state index < -0.39 is 0 Å².